The summed E-state index contributed by atoms with van der Waals surface area (Å²) in [7, 11) is 1.47. The van der Waals surface area contributed by atoms with Crippen LogP contribution in [0.3, 0.4) is 0 Å². The smallest absolute Gasteiger partial charge is 0.290 e. The number of carbonyl (C=O) groups excluding carboxylic acids is 1. The number of hydroxylamine groups is 1. The molecule has 0 saturated heterocycles. The molecule has 154 valence electrons. The lowest BCUT2D eigenvalue weighted by Gasteiger charge is -2.09. The number of halogens is 1. The van der Waals surface area contributed by atoms with Gasteiger partial charge in [-0.1, -0.05) is 35.9 Å². The lowest BCUT2D eigenvalue weighted by Crippen LogP contribution is -2.31. The molecule has 0 saturated carbocycles. The second-order valence-corrected chi connectivity index (χ2v) is 8.20. The third-order valence-electron chi connectivity index (χ3n) is 4.56. The molecule has 4 rings (SSSR count). The van der Waals surface area contributed by atoms with Crippen molar-refractivity contribution in [1.82, 2.24) is 15.8 Å². The maximum atomic E-state index is 12.1. The van der Waals surface area contributed by atoms with Crippen molar-refractivity contribution in [1.29, 1.82) is 0 Å². The zero-order valence-corrected chi connectivity index (χ0v) is 17.5. The zero-order chi connectivity index (χ0) is 21.1. The molecule has 9 heteroatoms. The Balaban J connectivity index is 1.43. The number of carbonyl (C=O) groups is 1. The highest BCUT2D eigenvalue weighted by molar-refractivity contribution is 7.17. The largest absolute Gasteiger partial charge is 0.491 e. The molecule has 3 N–H and O–H groups in total. The average Bonchev–Trinajstić information content (AvgIpc) is 3.41. The van der Waals surface area contributed by atoms with E-state index in [-0.39, 0.29) is 23.3 Å². The van der Waals surface area contributed by atoms with E-state index in [0.717, 1.165) is 16.8 Å². The van der Waals surface area contributed by atoms with Crippen LogP contribution >= 0.6 is 22.9 Å². The van der Waals surface area contributed by atoms with E-state index in [0.29, 0.717) is 21.3 Å². The van der Waals surface area contributed by atoms with Crippen molar-refractivity contribution in [3.05, 3.63) is 79.9 Å². The Bertz CT molecular complexity index is 1150. The van der Waals surface area contributed by atoms with Gasteiger partial charge in [-0.3, -0.25) is 19.9 Å². The van der Waals surface area contributed by atoms with Crippen molar-refractivity contribution in [2.45, 2.75) is 6.10 Å². The van der Waals surface area contributed by atoms with Gasteiger partial charge in [-0.05, 0) is 35.4 Å². The summed E-state index contributed by atoms with van der Waals surface area (Å²) in [5, 5.41) is 2.83. The van der Waals surface area contributed by atoms with Gasteiger partial charge in [0.15, 0.2) is 5.75 Å². The first kappa shape index (κ1) is 20.2. The van der Waals surface area contributed by atoms with E-state index in [1.165, 1.54) is 18.4 Å². The molecule has 2 aromatic heterocycles. The van der Waals surface area contributed by atoms with Crippen molar-refractivity contribution in [3.63, 3.8) is 0 Å². The van der Waals surface area contributed by atoms with Crippen LogP contribution in [0.1, 0.15) is 15.2 Å². The number of thiophene rings is 1. The van der Waals surface area contributed by atoms with Gasteiger partial charge in [-0.15, -0.1) is 11.3 Å². The van der Waals surface area contributed by atoms with Gasteiger partial charge >= 0.3 is 0 Å². The summed E-state index contributed by atoms with van der Waals surface area (Å²) in [6.07, 6.45) is 3.20. The summed E-state index contributed by atoms with van der Waals surface area (Å²) in [4.78, 5) is 32.7. The minimum absolute atomic E-state index is 0.187. The molecule has 1 aliphatic rings. The molecule has 1 aliphatic heterocycles. The highest BCUT2D eigenvalue weighted by Gasteiger charge is 2.19. The number of pyridine rings is 1. The minimum Gasteiger partial charge on any atom is -0.491 e. The van der Waals surface area contributed by atoms with Crippen LogP contribution < -0.4 is 21.1 Å². The Morgan fingerprint density at radius 1 is 1.20 bits per heavy atom. The average molecular weight is 444 g/mol. The summed E-state index contributed by atoms with van der Waals surface area (Å²) in [6.45, 7) is 0.326. The van der Waals surface area contributed by atoms with Crippen LogP contribution in [-0.4, -0.2) is 30.6 Å². The van der Waals surface area contributed by atoms with Crippen LogP contribution in [0, 0.1) is 0 Å². The quantitative estimate of drug-likeness (QED) is 0.542. The predicted molar refractivity (Wildman–Crippen MR) is 117 cm³/mol. The number of methoxy groups -OCH3 is 1. The number of H-pyrrole nitrogens is 1. The van der Waals surface area contributed by atoms with Crippen molar-refractivity contribution >= 4 is 34.5 Å². The van der Waals surface area contributed by atoms with E-state index in [4.69, 9.17) is 21.2 Å². The first-order chi connectivity index (χ1) is 14.5. The molecule has 0 aliphatic carbocycles. The number of benzene rings is 1. The Labute approximate surface area is 181 Å². The molecule has 7 nitrogen and oxygen atoms in total. The number of aromatic nitrogens is 1. The maximum Gasteiger partial charge on any atom is 0.290 e. The van der Waals surface area contributed by atoms with E-state index < -0.39 is 0 Å². The fourth-order valence-corrected chi connectivity index (χ4v) is 4.05. The fourth-order valence-electron chi connectivity index (χ4n) is 3.09. The van der Waals surface area contributed by atoms with Gasteiger partial charge in [0, 0.05) is 11.8 Å². The SMILES string of the molecule is COc1c(-c2ccc(C3=CC(CNC(=O)c4ccc(Cl)s4)ON3)cc2)cc[nH]c1=O. The van der Waals surface area contributed by atoms with Gasteiger partial charge < -0.3 is 15.0 Å². The van der Waals surface area contributed by atoms with E-state index in [1.54, 1.807) is 24.4 Å². The summed E-state index contributed by atoms with van der Waals surface area (Å²) in [5.74, 6) is 0.0862. The second kappa shape index (κ2) is 8.74. The topological polar surface area (TPSA) is 92.4 Å². The van der Waals surface area contributed by atoms with Crippen LogP contribution in [0.5, 0.6) is 5.75 Å². The lowest BCUT2D eigenvalue weighted by atomic mass is 10.0. The van der Waals surface area contributed by atoms with Gasteiger partial charge in [-0.25, -0.2) is 0 Å². The van der Waals surface area contributed by atoms with Gasteiger partial charge in [0.05, 0.1) is 28.6 Å². The number of ether oxygens (including phenoxy) is 1. The number of hydrogen-bond acceptors (Lipinski definition) is 6. The number of rotatable bonds is 6. The van der Waals surface area contributed by atoms with E-state index in [2.05, 4.69) is 15.8 Å². The third-order valence-corrected chi connectivity index (χ3v) is 5.79. The summed E-state index contributed by atoms with van der Waals surface area (Å²) in [5.41, 5.74) is 5.91. The molecule has 1 amide bonds. The summed E-state index contributed by atoms with van der Waals surface area (Å²) in [6, 6.07) is 12.8. The Morgan fingerprint density at radius 3 is 2.67 bits per heavy atom. The van der Waals surface area contributed by atoms with E-state index >= 15 is 0 Å². The summed E-state index contributed by atoms with van der Waals surface area (Å²) >= 11 is 7.09. The maximum absolute atomic E-state index is 12.1. The van der Waals surface area contributed by atoms with E-state index in [9.17, 15) is 9.59 Å². The molecular formula is C21H18ClN3O4S. The van der Waals surface area contributed by atoms with Gasteiger partial charge in [0.1, 0.15) is 6.10 Å². The number of nitrogens with one attached hydrogen (secondary N) is 3. The summed E-state index contributed by atoms with van der Waals surface area (Å²) < 4.78 is 5.80. The number of aromatic amines is 1. The molecule has 0 fully saturated rings. The standard InChI is InChI=1S/C21H18ClN3O4S/c1-28-19-15(8-9-23-21(19)27)12-2-4-13(5-3-12)16-10-14(29-25-16)11-24-20(26)17-6-7-18(22)30-17/h2-10,14,25H,11H2,1H3,(H,23,27)(H,24,26). The number of hydrogen-bond donors (Lipinski definition) is 3. The molecule has 1 unspecified atom stereocenters. The molecule has 3 heterocycles. The van der Waals surface area contributed by atoms with Crippen LogP contribution in [0.4, 0.5) is 0 Å². The third kappa shape index (κ3) is 4.25. The first-order valence-corrected chi connectivity index (χ1v) is 10.3. The van der Waals surface area contributed by atoms with Crippen molar-refractivity contribution in [3.8, 4) is 16.9 Å². The normalized spacial score (nSPS) is 15.4. The van der Waals surface area contributed by atoms with Crippen LogP contribution in [-0.2, 0) is 4.84 Å². The molecule has 30 heavy (non-hydrogen) atoms. The van der Waals surface area contributed by atoms with Crippen LogP contribution in [0.25, 0.3) is 16.8 Å². The Hall–Kier alpha value is -3.07. The molecule has 0 radical (unpaired) electrons. The lowest BCUT2D eigenvalue weighted by molar-refractivity contribution is 0.0499. The monoisotopic (exact) mass is 443 g/mol. The fraction of sp³-hybridized carbons (Fsp3) is 0.143. The second-order valence-electron chi connectivity index (χ2n) is 6.48. The van der Waals surface area contributed by atoms with Gasteiger partial charge in [0.2, 0.25) is 0 Å². The predicted octanol–water partition coefficient (Wildman–Crippen LogP) is 3.44. The van der Waals surface area contributed by atoms with E-state index in [1.807, 2.05) is 30.3 Å². The van der Waals surface area contributed by atoms with Gasteiger partial charge in [-0.2, -0.15) is 0 Å². The van der Waals surface area contributed by atoms with Crippen molar-refractivity contribution < 1.29 is 14.4 Å². The van der Waals surface area contributed by atoms with Crippen LogP contribution in [0.2, 0.25) is 4.34 Å². The molecule has 1 aromatic carbocycles. The van der Waals surface area contributed by atoms with Crippen molar-refractivity contribution in [2.24, 2.45) is 0 Å². The number of amides is 1. The zero-order valence-electron chi connectivity index (χ0n) is 15.9. The molecule has 0 spiro atoms. The van der Waals surface area contributed by atoms with Crippen molar-refractivity contribution in [2.75, 3.05) is 13.7 Å². The highest BCUT2D eigenvalue weighted by atomic mass is 35.5. The highest BCUT2D eigenvalue weighted by Crippen LogP contribution is 2.28. The van der Waals surface area contributed by atoms with Crippen LogP contribution in [0.15, 0.2) is 59.5 Å². The first-order valence-electron chi connectivity index (χ1n) is 9.08. The Kier molecular flexibility index (Phi) is 5.89. The molecule has 0 bridgehead atoms. The minimum atomic E-state index is -0.299. The molecule has 3 aromatic rings. The Morgan fingerprint density at radius 2 is 1.97 bits per heavy atom. The van der Waals surface area contributed by atoms with Gasteiger partial charge in [0.25, 0.3) is 11.5 Å². The molecule has 1 atom stereocenters. The molecular weight excluding hydrogens is 426 g/mol.